The number of ether oxygens (including phenoxy) is 2. The summed E-state index contributed by atoms with van der Waals surface area (Å²) in [7, 11) is 0. The summed E-state index contributed by atoms with van der Waals surface area (Å²) in [4.78, 5) is 5.67. The second-order valence-corrected chi connectivity index (χ2v) is 6.61. The Morgan fingerprint density at radius 2 is 2.22 bits per heavy atom. The van der Waals surface area contributed by atoms with Gasteiger partial charge in [-0.1, -0.05) is 0 Å². The average molecular weight is 331 g/mol. The molecule has 1 fully saturated rings. The van der Waals surface area contributed by atoms with Crippen LogP contribution in [0.2, 0.25) is 0 Å². The van der Waals surface area contributed by atoms with Crippen LogP contribution >= 0.6 is 27.3 Å². The zero-order chi connectivity index (χ0) is 12.6. The van der Waals surface area contributed by atoms with E-state index in [4.69, 9.17) is 15.2 Å². The largest absolute Gasteiger partial charge is 0.459 e. The molecule has 1 spiro atoms. The van der Waals surface area contributed by atoms with Gasteiger partial charge in [0.1, 0.15) is 5.60 Å². The van der Waals surface area contributed by atoms with Crippen LogP contribution < -0.4 is 5.73 Å². The van der Waals surface area contributed by atoms with E-state index < -0.39 is 0 Å². The standard InChI is InChI=1S/C12H15BrN2O2S/c13-8-5-10(18-7-8)9-6-12(17-11(14)15-9)1-3-16-4-2-12/h5,7,9H,1-4,6H2,(H2,14,15). The molecule has 2 aliphatic heterocycles. The molecule has 0 saturated carbocycles. The molecule has 4 nitrogen and oxygen atoms in total. The van der Waals surface area contributed by atoms with Crippen molar-refractivity contribution in [1.29, 1.82) is 0 Å². The van der Waals surface area contributed by atoms with Crippen molar-refractivity contribution in [3.05, 3.63) is 20.8 Å². The minimum Gasteiger partial charge on any atom is -0.459 e. The van der Waals surface area contributed by atoms with Crippen molar-refractivity contribution in [2.45, 2.75) is 30.9 Å². The van der Waals surface area contributed by atoms with Gasteiger partial charge in [0, 0.05) is 34.0 Å². The zero-order valence-corrected chi connectivity index (χ0v) is 12.3. The number of thiophene rings is 1. The second kappa shape index (κ2) is 4.83. The van der Waals surface area contributed by atoms with E-state index in [2.05, 4.69) is 32.4 Å². The van der Waals surface area contributed by atoms with Crippen LogP contribution in [-0.2, 0) is 9.47 Å². The van der Waals surface area contributed by atoms with Crippen molar-refractivity contribution in [3.63, 3.8) is 0 Å². The predicted molar refractivity (Wildman–Crippen MR) is 74.9 cm³/mol. The lowest BCUT2D eigenvalue weighted by Gasteiger charge is -2.41. The Morgan fingerprint density at radius 1 is 1.44 bits per heavy atom. The molecule has 0 aromatic carbocycles. The van der Waals surface area contributed by atoms with Crippen molar-refractivity contribution in [3.8, 4) is 0 Å². The summed E-state index contributed by atoms with van der Waals surface area (Å²) < 4.78 is 12.3. The molecule has 3 rings (SSSR count). The highest BCUT2D eigenvalue weighted by molar-refractivity contribution is 9.10. The molecule has 3 heterocycles. The van der Waals surface area contributed by atoms with E-state index in [1.165, 1.54) is 4.88 Å². The molecular weight excluding hydrogens is 316 g/mol. The van der Waals surface area contributed by atoms with E-state index in [-0.39, 0.29) is 11.6 Å². The Labute approximate surface area is 118 Å². The Bertz CT molecular complexity index is 468. The van der Waals surface area contributed by atoms with Gasteiger partial charge in [-0.05, 0) is 22.0 Å². The van der Waals surface area contributed by atoms with Gasteiger partial charge in [0.15, 0.2) is 0 Å². The highest BCUT2D eigenvalue weighted by Gasteiger charge is 2.41. The highest BCUT2D eigenvalue weighted by atomic mass is 79.9. The summed E-state index contributed by atoms with van der Waals surface area (Å²) >= 11 is 5.19. The van der Waals surface area contributed by atoms with Crippen LogP contribution in [0.3, 0.4) is 0 Å². The number of hydrogen-bond acceptors (Lipinski definition) is 5. The first-order valence-electron chi connectivity index (χ1n) is 6.01. The molecule has 1 saturated heterocycles. The summed E-state index contributed by atoms with van der Waals surface area (Å²) in [6, 6.07) is 2.55. The summed E-state index contributed by atoms with van der Waals surface area (Å²) in [5.41, 5.74) is 5.68. The molecule has 2 aliphatic rings. The predicted octanol–water partition coefficient (Wildman–Crippen LogP) is 2.84. The summed E-state index contributed by atoms with van der Waals surface area (Å²) in [5.74, 6) is 0. The molecule has 1 aromatic heterocycles. The SMILES string of the molecule is NC1=NC(c2cc(Br)cs2)CC2(CCOCC2)O1. The number of nitrogens with two attached hydrogens (primary N) is 1. The first-order chi connectivity index (χ1) is 8.67. The molecule has 18 heavy (non-hydrogen) atoms. The van der Waals surface area contributed by atoms with E-state index in [9.17, 15) is 0 Å². The Hall–Kier alpha value is -0.590. The van der Waals surface area contributed by atoms with Crippen LogP contribution in [0.25, 0.3) is 0 Å². The van der Waals surface area contributed by atoms with Gasteiger partial charge in [-0.2, -0.15) is 0 Å². The van der Waals surface area contributed by atoms with Crippen molar-refractivity contribution < 1.29 is 9.47 Å². The first kappa shape index (κ1) is 12.4. The van der Waals surface area contributed by atoms with Crippen molar-refractivity contribution in [1.82, 2.24) is 0 Å². The fourth-order valence-electron chi connectivity index (χ4n) is 2.56. The van der Waals surface area contributed by atoms with E-state index in [0.717, 1.165) is 36.9 Å². The second-order valence-electron chi connectivity index (χ2n) is 4.75. The Balaban J connectivity index is 1.85. The number of amidine groups is 1. The lowest BCUT2D eigenvalue weighted by molar-refractivity contribution is -0.0697. The monoisotopic (exact) mass is 330 g/mol. The number of rotatable bonds is 1. The molecule has 1 unspecified atom stereocenters. The van der Waals surface area contributed by atoms with Crippen LogP contribution in [0.4, 0.5) is 0 Å². The third kappa shape index (κ3) is 2.41. The van der Waals surface area contributed by atoms with Crippen LogP contribution in [0.1, 0.15) is 30.2 Å². The van der Waals surface area contributed by atoms with Crippen LogP contribution in [0, 0.1) is 0 Å². The highest BCUT2D eigenvalue weighted by Crippen LogP contribution is 2.41. The van der Waals surface area contributed by atoms with E-state index in [1.807, 2.05) is 0 Å². The van der Waals surface area contributed by atoms with Gasteiger partial charge in [-0.3, -0.25) is 0 Å². The maximum absolute atomic E-state index is 5.85. The molecule has 0 aliphatic carbocycles. The number of aliphatic imine (C=N–C) groups is 1. The van der Waals surface area contributed by atoms with E-state index in [1.54, 1.807) is 11.3 Å². The lowest BCUT2D eigenvalue weighted by Crippen LogP contribution is -2.46. The Kier molecular flexibility index (Phi) is 3.34. The van der Waals surface area contributed by atoms with Crippen molar-refractivity contribution in [2.24, 2.45) is 10.7 Å². The smallest absolute Gasteiger partial charge is 0.283 e. The van der Waals surface area contributed by atoms with E-state index >= 15 is 0 Å². The molecule has 0 amide bonds. The third-order valence-corrected chi connectivity index (χ3v) is 5.28. The molecule has 1 atom stereocenters. The molecule has 1 aromatic rings. The Morgan fingerprint density at radius 3 is 2.89 bits per heavy atom. The van der Waals surface area contributed by atoms with Crippen molar-refractivity contribution >= 4 is 33.3 Å². The zero-order valence-electron chi connectivity index (χ0n) is 9.89. The first-order valence-corrected chi connectivity index (χ1v) is 7.68. The van der Waals surface area contributed by atoms with Gasteiger partial charge in [0.05, 0.1) is 19.3 Å². The average Bonchev–Trinajstić information content (AvgIpc) is 2.76. The number of nitrogens with zero attached hydrogens (tertiary/aromatic N) is 1. The maximum Gasteiger partial charge on any atom is 0.283 e. The fourth-order valence-corrected chi connectivity index (χ4v) is 4.04. The van der Waals surface area contributed by atoms with Gasteiger partial charge in [0.2, 0.25) is 0 Å². The normalized spacial score (nSPS) is 26.7. The molecule has 2 N–H and O–H groups in total. The van der Waals surface area contributed by atoms with Crippen molar-refractivity contribution in [2.75, 3.05) is 13.2 Å². The number of hydrogen-bond donors (Lipinski definition) is 1. The van der Waals surface area contributed by atoms with Gasteiger partial charge in [-0.15, -0.1) is 11.3 Å². The number of halogens is 1. The fraction of sp³-hybridized carbons (Fsp3) is 0.583. The molecule has 98 valence electrons. The molecule has 0 radical (unpaired) electrons. The third-order valence-electron chi connectivity index (χ3n) is 3.49. The minimum absolute atomic E-state index is 0.119. The summed E-state index contributed by atoms with van der Waals surface area (Å²) in [6.45, 7) is 1.49. The van der Waals surface area contributed by atoms with Gasteiger partial charge >= 0.3 is 0 Å². The molecular formula is C12H15BrN2O2S. The van der Waals surface area contributed by atoms with Crippen LogP contribution in [0.5, 0.6) is 0 Å². The van der Waals surface area contributed by atoms with E-state index in [0.29, 0.717) is 6.02 Å². The summed E-state index contributed by atoms with van der Waals surface area (Å²) in [5, 5.41) is 2.08. The summed E-state index contributed by atoms with van der Waals surface area (Å²) in [6.07, 6.45) is 2.68. The topological polar surface area (TPSA) is 56.8 Å². The van der Waals surface area contributed by atoms with Crippen LogP contribution in [-0.4, -0.2) is 24.8 Å². The van der Waals surface area contributed by atoms with Gasteiger partial charge in [0.25, 0.3) is 6.02 Å². The quantitative estimate of drug-likeness (QED) is 0.861. The van der Waals surface area contributed by atoms with Gasteiger partial charge < -0.3 is 15.2 Å². The molecule has 0 bridgehead atoms. The maximum atomic E-state index is 5.85. The molecule has 6 heteroatoms. The lowest BCUT2D eigenvalue weighted by atomic mass is 9.86. The van der Waals surface area contributed by atoms with Crippen LogP contribution in [0.15, 0.2) is 20.9 Å². The van der Waals surface area contributed by atoms with Gasteiger partial charge in [-0.25, -0.2) is 4.99 Å². The minimum atomic E-state index is -0.175.